The van der Waals surface area contributed by atoms with E-state index in [1.165, 1.54) is 10.4 Å². The summed E-state index contributed by atoms with van der Waals surface area (Å²) in [5.74, 6) is 0. The number of nitrogens with zero attached hydrogens (tertiary/aromatic N) is 2. The summed E-state index contributed by atoms with van der Waals surface area (Å²) in [5, 5.41) is 6.39. The van der Waals surface area contributed by atoms with Crippen molar-refractivity contribution in [1.82, 2.24) is 9.78 Å². The van der Waals surface area contributed by atoms with Crippen LogP contribution in [0.2, 0.25) is 0 Å². The summed E-state index contributed by atoms with van der Waals surface area (Å²) < 4.78 is 1.81. The molecule has 0 amide bonds. The smallest absolute Gasteiger partial charge is 0.0644 e. The fraction of sp³-hybridized carbons (Fsp3) is 0.364. The lowest BCUT2D eigenvalue weighted by Crippen LogP contribution is -2.12. The molecular weight excluding hydrogens is 206 g/mol. The first-order chi connectivity index (χ1) is 7.09. The Bertz CT molecular complexity index is 470. The first kappa shape index (κ1) is 10.4. The highest BCUT2D eigenvalue weighted by atomic mass is 32.1. The molecule has 0 aliphatic carbocycles. The lowest BCUT2D eigenvalue weighted by atomic mass is 10.0. The molecule has 2 N–H and O–H groups in total. The molecule has 80 valence electrons. The number of hydrogen-bond acceptors (Lipinski definition) is 3. The topological polar surface area (TPSA) is 43.8 Å². The Morgan fingerprint density at radius 3 is 2.60 bits per heavy atom. The molecule has 0 radical (unpaired) electrons. The van der Waals surface area contributed by atoms with E-state index >= 15 is 0 Å². The summed E-state index contributed by atoms with van der Waals surface area (Å²) in [7, 11) is 1.92. The predicted molar refractivity (Wildman–Crippen MR) is 63.0 cm³/mol. The molecule has 0 aliphatic rings. The minimum atomic E-state index is -0.0510. The van der Waals surface area contributed by atoms with Gasteiger partial charge in [-0.3, -0.25) is 4.68 Å². The third kappa shape index (κ3) is 1.82. The molecule has 0 aliphatic heterocycles. The fourth-order valence-corrected chi connectivity index (χ4v) is 2.56. The number of nitrogens with two attached hydrogens (primary N) is 1. The van der Waals surface area contributed by atoms with E-state index in [0.717, 1.165) is 11.3 Å². The van der Waals surface area contributed by atoms with Gasteiger partial charge in [-0.1, -0.05) is 0 Å². The van der Waals surface area contributed by atoms with Gasteiger partial charge >= 0.3 is 0 Å². The lowest BCUT2D eigenvalue weighted by Gasteiger charge is -2.10. The van der Waals surface area contributed by atoms with Crippen LogP contribution in [-0.4, -0.2) is 9.78 Å². The summed E-state index contributed by atoms with van der Waals surface area (Å²) in [6, 6.07) is 2.04. The summed E-state index contributed by atoms with van der Waals surface area (Å²) in [5.41, 5.74) is 9.55. The number of thiophene rings is 1. The average Bonchev–Trinajstić information content (AvgIpc) is 2.71. The van der Waals surface area contributed by atoms with Crippen LogP contribution in [0.4, 0.5) is 0 Å². The zero-order chi connectivity index (χ0) is 11.0. The van der Waals surface area contributed by atoms with Gasteiger partial charge in [-0.2, -0.15) is 5.10 Å². The van der Waals surface area contributed by atoms with Gasteiger partial charge in [0, 0.05) is 23.7 Å². The maximum Gasteiger partial charge on any atom is 0.0644 e. The molecule has 2 heterocycles. The van der Waals surface area contributed by atoms with Crippen LogP contribution < -0.4 is 5.73 Å². The van der Waals surface area contributed by atoms with Gasteiger partial charge in [-0.25, -0.2) is 0 Å². The van der Waals surface area contributed by atoms with E-state index in [2.05, 4.69) is 23.5 Å². The Labute approximate surface area is 93.5 Å². The van der Waals surface area contributed by atoms with Crippen molar-refractivity contribution in [3.05, 3.63) is 39.3 Å². The van der Waals surface area contributed by atoms with E-state index in [1.54, 1.807) is 11.3 Å². The summed E-state index contributed by atoms with van der Waals surface area (Å²) in [4.78, 5) is 1.28. The van der Waals surface area contributed by atoms with Gasteiger partial charge in [-0.05, 0) is 30.9 Å². The van der Waals surface area contributed by atoms with Gasteiger partial charge < -0.3 is 5.73 Å². The van der Waals surface area contributed by atoms with E-state index in [-0.39, 0.29) is 6.04 Å². The molecule has 0 spiro atoms. The van der Waals surface area contributed by atoms with Crippen molar-refractivity contribution >= 4 is 11.3 Å². The number of hydrogen-bond donors (Lipinski definition) is 1. The van der Waals surface area contributed by atoms with Crippen molar-refractivity contribution < 1.29 is 0 Å². The highest BCUT2D eigenvalue weighted by Gasteiger charge is 2.16. The zero-order valence-corrected chi connectivity index (χ0v) is 10.0. The molecule has 3 nitrogen and oxygen atoms in total. The van der Waals surface area contributed by atoms with Crippen molar-refractivity contribution in [3.8, 4) is 0 Å². The van der Waals surface area contributed by atoms with Gasteiger partial charge in [0.25, 0.3) is 0 Å². The van der Waals surface area contributed by atoms with Gasteiger partial charge in [0.15, 0.2) is 0 Å². The van der Waals surface area contributed by atoms with E-state index in [4.69, 9.17) is 5.73 Å². The highest BCUT2D eigenvalue weighted by Crippen LogP contribution is 2.27. The summed E-state index contributed by atoms with van der Waals surface area (Å²) in [6.07, 6.45) is 2.00. The summed E-state index contributed by atoms with van der Waals surface area (Å²) >= 11 is 1.73. The molecule has 0 bridgehead atoms. The Morgan fingerprint density at radius 2 is 2.13 bits per heavy atom. The molecule has 0 fully saturated rings. The highest BCUT2D eigenvalue weighted by molar-refractivity contribution is 7.10. The molecule has 1 atom stereocenters. The van der Waals surface area contributed by atoms with Crippen molar-refractivity contribution in [3.63, 3.8) is 0 Å². The van der Waals surface area contributed by atoms with E-state index < -0.39 is 0 Å². The second kappa shape index (κ2) is 3.79. The quantitative estimate of drug-likeness (QED) is 0.844. The van der Waals surface area contributed by atoms with Gasteiger partial charge in [0.2, 0.25) is 0 Å². The van der Waals surface area contributed by atoms with Crippen LogP contribution in [0.5, 0.6) is 0 Å². The summed E-state index contributed by atoms with van der Waals surface area (Å²) in [6.45, 7) is 4.10. The first-order valence-electron chi connectivity index (χ1n) is 4.89. The predicted octanol–water partition coefficient (Wildman–Crippen LogP) is 2.15. The Balaban J connectivity index is 2.40. The third-order valence-corrected chi connectivity index (χ3v) is 3.48. The standard InChI is InChI=1S/C11H15N3S/c1-7-10(6-14(3)13-7)11(12)9-4-5-15-8(9)2/h4-6,11H,12H2,1-3H3. The lowest BCUT2D eigenvalue weighted by molar-refractivity contribution is 0.756. The van der Waals surface area contributed by atoms with E-state index in [1.807, 2.05) is 24.9 Å². The minimum absolute atomic E-state index is 0.0510. The van der Waals surface area contributed by atoms with Crippen LogP contribution in [0, 0.1) is 13.8 Å². The van der Waals surface area contributed by atoms with Crippen molar-refractivity contribution in [2.45, 2.75) is 19.9 Å². The molecular formula is C11H15N3S. The van der Waals surface area contributed by atoms with Gasteiger partial charge in [0.05, 0.1) is 11.7 Å². The van der Waals surface area contributed by atoms with Gasteiger partial charge in [-0.15, -0.1) is 11.3 Å². The third-order valence-electron chi connectivity index (χ3n) is 2.62. The largest absolute Gasteiger partial charge is 0.320 e. The number of aryl methyl sites for hydroxylation is 3. The van der Waals surface area contributed by atoms with E-state index in [0.29, 0.717) is 0 Å². The first-order valence-corrected chi connectivity index (χ1v) is 5.77. The number of aromatic nitrogens is 2. The molecule has 0 saturated carbocycles. The van der Waals surface area contributed by atoms with Crippen LogP contribution in [-0.2, 0) is 7.05 Å². The molecule has 4 heteroatoms. The fourth-order valence-electron chi connectivity index (χ4n) is 1.81. The van der Waals surface area contributed by atoms with Crippen LogP contribution in [0.1, 0.15) is 27.7 Å². The Kier molecular flexibility index (Phi) is 2.63. The van der Waals surface area contributed by atoms with Crippen LogP contribution in [0.15, 0.2) is 17.6 Å². The molecule has 2 aromatic rings. The molecule has 15 heavy (non-hydrogen) atoms. The van der Waals surface area contributed by atoms with Crippen molar-refractivity contribution in [1.29, 1.82) is 0 Å². The molecule has 2 rings (SSSR count). The zero-order valence-electron chi connectivity index (χ0n) is 9.19. The van der Waals surface area contributed by atoms with E-state index in [9.17, 15) is 0 Å². The van der Waals surface area contributed by atoms with Crippen LogP contribution >= 0.6 is 11.3 Å². The second-order valence-electron chi connectivity index (χ2n) is 3.75. The Hall–Kier alpha value is -1.13. The van der Waals surface area contributed by atoms with Crippen molar-refractivity contribution in [2.24, 2.45) is 12.8 Å². The normalized spacial score (nSPS) is 13.1. The maximum absolute atomic E-state index is 6.23. The second-order valence-corrected chi connectivity index (χ2v) is 4.87. The molecule has 0 saturated heterocycles. The van der Waals surface area contributed by atoms with Crippen LogP contribution in [0.3, 0.4) is 0 Å². The van der Waals surface area contributed by atoms with Gasteiger partial charge in [0.1, 0.15) is 0 Å². The number of rotatable bonds is 2. The Morgan fingerprint density at radius 1 is 1.40 bits per heavy atom. The molecule has 0 aromatic carbocycles. The monoisotopic (exact) mass is 221 g/mol. The maximum atomic E-state index is 6.23. The SMILES string of the molecule is Cc1nn(C)cc1C(N)c1ccsc1C. The van der Waals surface area contributed by atoms with Crippen molar-refractivity contribution in [2.75, 3.05) is 0 Å². The molecule has 1 unspecified atom stereocenters. The molecule has 2 aromatic heterocycles. The minimum Gasteiger partial charge on any atom is -0.320 e. The average molecular weight is 221 g/mol. The van der Waals surface area contributed by atoms with Crippen LogP contribution in [0.25, 0.3) is 0 Å².